The number of rotatable bonds is 6. The first kappa shape index (κ1) is 24.3. The highest BCUT2D eigenvalue weighted by Crippen LogP contribution is 2.33. The maximum atomic E-state index is 11.9. The van der Waals surface area contributed by atoms with Crippen molar-refractivity contribution in [1.82, 2.24) is 24.8 Å². The van der Waals surface area contributed by atoms with E-state index < -0.39 is 6.09 Å². The van der Waals surface area contributed by atoms with Crippen molar-refractivity contribution < 1.29 is 14.3 Å². The number of ether oxygens (including phenoxy) is 2. The second-order valence-corrected chi connectivity index (χ2v) is 7.99. The molecule has 1 amide bonds. The van der Waals surface area contributed by atoms with Crippen molar-refractivity contribution in [2.45, 2.75) is 20.9 Å². The summed E-state index contributed by atoms with van der Waals surface area (Å²) in [7, 11) is 0. The third-order valence-corrected chi connectivity index (χ3v) is 5.67. The Kier molecular flexibility index (Phi) is 7.69. The van der Waals surface area contributed by atoms with Gasteiger partial charge in [0.05, 0.1) is 42.2 Å². The minimum absolute atomic E-state index is 0. The Hall–Kier alpha value is -3.82. The van der Waals surface area contributed by atoms with Gasteiger partial charge in [0.2, 0.25) is 5.95 Å². The third kappa shape index (κ3) is 5.64. The Morgan fingerprint density at radius 1 is 1.14 bits per heavy atom. The largest absolute Gasteiger partial charge is 0.450 e. The number of nitrogens with zero attached hydrogens (tertiary/aromatic N) is 4. The lowest BCUT2D eigenvalue weighted by atomic mass is 10.0. The SMILES string of the molecule is C.CCOC(=O)Nc1nc2c(-c3ccccn3)cc(-c3ccc(CN4CCOCC4)nc3)cc2[nH]1. The normalized spacial score (nSPS) is 13.9. The fourth-order valence-electron chi connectivity index (χ4n) is 4.00. The fourth-order valence-corrected chi connectivity index (χ4v) is 4.00. The summed E-state index contributed by atoms with van der Waals surface area (Å²) in [6, 6.07) is 14.0. The number of imidazole rings is 1. The number of amides is 1. The zero-order chi connectivity index (χ0) is 23.3. The number of aromatic nitrogens is 4. The first-order valence-electron chi connectivity index (χ1n) is 11.3. The Morgan fingerprint density at radius 2 is 2.00 bits per heavy atom. The minimum Gasteiger partial charge on any atom is -0.450 e. The molecular formula is C26H30N6O3. The molecule has 1 aromatic carbocycles. The predicted molar refractivity (Wildman–Crippen MR) is 136 cm³/mol. The van der Waals surface area contributed by atoms with Crippen molar-refractivity contribution in [3.05, 3.63) is 60.6 Å². The molecule has 35 heavy (non-hydrogen) atoms. The first-order valence-corrected chi connectivity index (χ1v) is 11.3. The van der Waals surface area contributed by atoms with Gasteiger partial charge in [-0.05, 0) is 42.8 Å². The van der Waals surface area contributed by atoms with Gasteiger partial charge in [-0.1, -0.05) is 19.6 Å². The second-order valence-electron chi connectivity index (χ2n) is 7.99. The number of H-pyrrole nitrogens is 1. The van der Waals surface area contributed by atoms with Crippen LogP contribution in [0.1, 0.15) is 20.0 Å². The van der Waals surface area contributed by atoms with Crippen molar-refractivity contribution in [3.63, 3.8) is 0 Å². The van der Waals surface area contributed by atoms with E-state index in [4.69, 9.17) is 14.5 Å². The van der Waals surface area contributed by atoms with Crippen molar-refractivity contribution in [2.75, 3.05) is 38.2 Å². The number of fused-ring (bicyclic) bond motifs is 1. The zero-order valence-electron chi connectivity index (χ0n) is 19.0. The van der Waals surface area contributed by atoms with Crippen LogP contribution in [0.2, 0.25) is 0 Å². The number of carbonyl (C=O) groups excluding carboxylic acids is 1. The van der Waals surface area contributed by atoms with Crippen LogP contribution in [0.5, 0.6) is 0 Å². The summed E-state index contributed by atoms with van der Waals surface area (Å²) in [5, 5.41) is 2.64. The molecule has 2 N–H and O–H groups in total. The maximum Gasteiger partial charge on any atom is 0.413 e. The number of benzene rings is 1. The van der Waals surface area contributed by atoms with Crippen LogP contribution in [0.4, 0.5) is 10.7 Å². The van der Waals surface area contributed by atoms with Gasteiger partial charge in [-0.3, -0.25) is 20.2 Å². The molecule has 5 rings (SSSR count). The fraction of sp³-hybridized carbons (Fsp3) is 0.308. The van der Waals surface area contributed by atoms with Gasteiger partial charge >= 0.3 is 6.09 Å². The minimum atomic E-state index is -0.554. The van der Waals surface area contributed by atoms with E-state index in [0.29, 0.717) is 11.5 Å². The third-order valence-electron chi connectivity index (χ3n) is 5.67. The Bertz CT molecular complexity index is 1270. The van der Waals surface area contributed by atoms with Crippen LogP contribution >= 0.6 is 0 Å². The van der Waals surface area contributed by atoms with Crippen molar-refractivity contribution in [2.24, 2.45) is 0 Å². The molecule has 3 aromatic heterocycles. The van der Waals surface area contributed by atoms with E-state index in [2.05, 4.69) is 43.4 Å². The number of carbonyl (C=O) groups is 1. The molecule has 1 aliphatic heterocycles. The van der Waals surface area contributed by atoms with E-state index in [-0.39, 0.29) is 14.0 Å². The Morgan fingerprint density at radius 3 is 2.71 bits per heavy atom. The summed E-state index contributed by atoms with van der Waals surface area (Å²) in [6.45, 7) is 6.24. The monoisotopic (exact) mass is 474 g/mol. The molecule has 1 saturated heterocycles. The van der Waals surface area contributed by atoms with Crippen molar-refractivity contribution in [3.8, 4) is 22.4 Å². The molecule has 9 heteroatoms. The molecule has 182 valence electrons. The molecule has 0 bridgehead atoms. The summed E-state index contributed by atoms with van der Waals surface area (Å²) in [4.78, 5) is 31.2. The van der Waals surface area contributed by atoms with Gasteiger partial charge in [-0.25, -0.2) is 9.78 Å². The van der Waals surface area contributed by atoms with Crippen LogP contribution in [0.25, 0.3) is 33.4 Å². The lowest BCUT2D eigenvalue weighted by Crippen LogP contribution is -2.35. The lowest BCUT2D eigenvalue weighted by molar-refractivity contribution is 0.0336. The molecular weight excluding hydrogens is 444 g/mol. The van der Waals surface area contributed by atoms with Crippen LogP contribution in [0.3, 0.4) is 0 Å². The Labute approximate surface area is 204 Å². The molecule has 9 nitrogen and oxygen atoms in total. The smallest absolute Gasteiger partial charge is 0.413 e. The van der Waals surface area contributed by atoms with E-state index in [1.807, 2.05) is 30.5 Å². The van der Waals surface area contributed by atoms with E-state index in [1.54, 1.807) is 13.1 Å². The van der Waals surface area contributed by atoms with E-state index >= 15 is 0 Å². The molecule has 0 radical (unpaired) electrons. The molecule has 0 unspecified atom stereocenters. The number of morpholine rings is 1. The highest BCUT2D eigenvalue weighted by atomic mass is 16.5. The number of nitrogens with one attached hydrogen (secondary N) is 2. The van der Waals surface area contributed by atoms with Crippen LogP contribution in [-0.4, -0.2) is 63.8 Å². The topological polar surface area (TPSA) is 105 Å². The number of hydrogen-bond donors (Lipinski definition) is 2. The molecule has 4 aromatic rings. The second kappa shape index (κ2) is 11.1. The highest BCUT2D eigenvalue weighted by molar-refractivity contribution is 5.97. The summed E-state index contributed by atoms with van der Waals surface area (Å²) in [6.07, 6.45) is 3.09. The van der Waals surface area contributed by atoms with Gasteiger partial charge in [0.15, 0.2) is 0 Å². The van der Waals surface area contributed by atoms with E-state index in [9.17, 15) is 4.79 Å². The standard InChI is InChI=1S/C25H26N6O3.CH4/c1-2-34-25(32)30-24-28-22-14-18(13-20(23(22)29-24)21-5-3-4-8-26-21)17-6-7-19(27-15-17)16-31-9-11-33-12-10-31;/h3-8,13-15H,2,9-12,16H2,1H3,(H2,28,29,30,32);1H4. The van der Waals surface area contributed by atoms with E-state index in [0.717, 1.165) is 66.4 Å². The van der Waals surface area contributed by atoms with Crippen molar-refractivity contribution in [1.29, 1.82) is 0 Å². The molecule has 1 fully saturated rings. The van der Waals surface area contributed by atoms with Crippen LogP contribution in [-0.2, 0) is 16.0 Å². The number of aromatic amines is 1. The average Bonchev–Trinajstić information content (AvgIpc) is 3.27. The molecule has 4 heterocycles. The van der Waals surface area contributed by atoms with Crippen LogP contribution in [0, 0.1) is 0 Å². The molecule has 0 saturated carbocycles. The quantitative estimate of drug-likeness (QED) is 0.416. The van der Waals surface area contributed by atoms with Gasteiger partial charge in [-0.2, -0.15) is 0 Å². The van der Waals surface area contributed by atoms with Gasteiger partial charge in [-0.15, -0.1) is 0 Å². The molecule has 0 atom stereocenters. The summed E-state index contributed by atoms with van der Waals surface area (Å²) >= 11 is 0. The molecule has 0 aliphatic carbocycles. The van der Waals surface area contributed by atoms with Crippen LogP contribution < -0.4 is 5.32 Å². The zero-order valence-corrected chi connectivity index (χ0v) is 19.0. The molecule has 1 aliphatic rings. The van der Waals surface area contributed by atoms with Crippen LogP contribution in [0.15, 0.2) is 54.9 Å². The highest BCUT2D eigenvalue weighted by Gasteiger charge is 2.16. The van der Waals surface area contributed by atoms with Crippen molar-refractivity contribution >= 4 is 23.1 Å². The summed E-state index contributed by atoms with van der Waals surface area (Å²) in [5.41, 5.74) is 6.14. The summed E-state index contributed by atoms with van der Waals surface area (Å²) in [5.74, 6) is 0.321. The van der Waals surface area contributed by atoms with Gasteiger partial charge in [0.25, 0.3) is 0 Å². The first-order chi connectivity index (χ1) is 16.7. The Balaban J connectivity index is 0.00000289. The van der Waals surface area contributed by atoms with Gasteiger partial charge in [0, 0.05) is 43.2 Å². The number of pyridine rings is 2. The molecule has 0 spiro atoms. The van der Waals surface area contributed by atoms with E-state index in [1.165, 1.54) is 0 Å². The summed E-state index contributed by atoms with van der Waals surface area (Å²) < 4.78 is 10.4. The maximum absolute atomic E-state index is 11.9. The lowest BCUT2D eigenvalue weighted by Gasteiger charge is -2.26. The van der Waals surface area contributed by atoms with Gasteiger partial charge in [0.1, 0.15) is 0 Å². The van der Waals surface area contributed by atoms with Gasteiger partial charge < -0.3 is 14.5 Å². The average molecular weight is 475 g/mol. The number of anilines is 1. The predicted octanol–water partition coefficient (Wildman–Crippen LogP) is 4.72. The number of hydrogen-bond acceptors (Lipinski definition) is 7.